The highest BCUT2D eigenvalue weighted by atomic mass is 32.2. The Balaban J connectivity index is 1.24. The smallest absolute Gasteiger partial charge is 0.235 e. The van der Waals surface area contributed by atoms with E-state index in [1.807, 2.05) is 30.4 Å². The van der Waals surface area contributed by atoms with Gasteiger partial charge in [-0.15, -0.1) is 11.8 Å². The van der Waals surface area contributed by atoms with Gasteiger partial charge in [0.25, 0.3) is 0 Å². The molecule has 9 heteroatoms. The van der Waals surface area contributed by atoms with Crippen LogP contribution in [0.25, 0.3) is 17.0 Å². The Hall–Kier alpha value is -3.01. The van der Waals surface area contributed by atoms with Gasteiger partial charge >= 0.3 is 0 Å². The first kappa shape index (κ1) is 22.8. The van der Waals surface area contributed by atoms with Crippen molar-refractivity contribution >= 4 is 40.5 Å². The minimum Gasteiger partial charge on any atom is -0.497 e. The van der Waals surface area contributed by atoms with Gasteiger partial charge in [-0.3, -0.25) is 15.1 Å². The van der Waals surface area contributed by atoms with Crippen LogP contribution >= 0.6 is 11.8 Å². The molecular weight excluding hydrogens is 455 g/mol. The van der Waals surface area contributed by atoms with Crippen molar-refractivity contribution in [3.05, 3.63) is 59.7 Å². The number of anilines is 1. The molecule has 1 amide bonds. The summed E-state index contributed by atoms with van der Waals surface area (Å²) in [4.78, 5) is 21.3. The van der Waals surface area contributed by atoms with E-state index < -0.39 is 5.82 Å². The van der Waals surface area contributed by atoms with Crippen LogP contribution in [0.4, 0.5) is 10.2 Å². The van der Waals surface area contributed by atoms with Crippen LogP contribution in [-0.4, -0.2) is 41.1 Å². The lowest BCUT2D eigenvalue weighted by Crippen LogP contribution is -2.37. The highest BCUT2D eigenvalue weighted by Gasteiger charge is 2.21. The van der Waals surface area contributed by atoms with Gasteiger partial charge in [0.2, 0.25) is 5.91 Å². The second-order valence-corrected chi connectivity index (χ2v) is 9.24. The van der Waals surface area contributed by atoms with E-state index in [4.69, 9.17) is 9.47 Å². The maximum Gasteiger partial charge on any atom is 0.235 e. The summed E-state index contributed by atoms with van der Waals surface area (Å²) in [6.07, 6.45) is 8.27. The van der Waals surface area contributed by atoms with Crippen LogP contribution in [0.5, 0.6) is 5.75 Å². The Morgan fingerprint density at radius 1 is 1.32 bits per heavy atom. The Bertz CT molecular complexity index is 1250. The number of hydrogen-bond donors (Lipinski definition) is 2. The van der Waals surface area contributed by atoms with Crippen molar-refractivity contribution in [3.63, 3.8) is 0 Å². The van der Waals surface area contributed by atoms with Gasteiger partial charge in [-0.2, -0.15) is 0 Å². The molecule has 5 rings (SSSR count). The summed E-state index contributed by atoms with van der Waals surface area (Å²) in [7, 11) is 1.52. The maximum atomic E-state index is 14.4. The van der Waals surface area contributed by atoms with E-state index in [0.29, 0.717) is 34.8 Å². The molecule has 3 aromatic rings. The van der Waals surface area contributed by atoms with E-state index >= 15 is 0 Å². The average molecular weight is 481 g/mol. The number of carbonyl (C=O) groups is 1. The molecule has 7 nitrogen and oxygen atoms in total. The quantitative estimate of drug-likeness (QED) is 0.537. The molecule has 2 N–H and O–H groups in total. The van der Waals surface area contributed by atoms with Gasteiger partial charge in [-0.25, -0.2) is 9.37 Å². The second-order valence-electron chi connectivity index (χ2n) is 8.23. The molecule has 2 atom stereocenters. The summed E-state index contributed by atoms with van der Waals surface area (Å²) in [6, 6.07) is 8.96. The largest absolute Gasteiger partial charge is 0.497 e. The van der Waals surface area contributed by atoms with Crippen molar-refractivity contribution in [1.29, 1.82) is 0 Å². The lowest BCUT2D eigenvalue weighted by molar-refractivity contribution is -0.113. The first-order valence-corrected chi connectivity index (χ1v) is 12.2. The number of rotatable bonds is 6. The minimum atomic E-state index is -0.406. The first-order chi connectivity index (χ1) is 16.6. The minimum absolute atomic E-state index is 0.0245. The number of fused-ring (bicyclic) bond motifs is 2. The van der Waals surface area contributed by atoms with Crippen molar-refractivity contribution in [2.45, 2.75) is 43.0 Å². The van der Waals surface area contributed by atoms with Crippen LogP contribution in [0, 0.1) is 5.82 Å². The van der Waals surface area contributed by atoms with Gasteiger partial charge in [0.05, 0.1) is 29.6 Å². The predicted octanol–water partition coefficient (Wildman–Crippen LogP) is 4.52. The fourth-order valence-electron chi connectivity index (χ4n) is 4.15. The van der Waals surface area contributed by atoms with Crippen LogP contribution in [0.3, 0.4) is 0 Å². The molecule has 0 spiro atoms. The normalized spacial score (nSPS) is 20.4. The van der Waals surface area contributed by atoms with Crippen molar-refractivity contribution < 1.29 is 18.7 Å². The Kier molecular flexibility index (Phi) is 6.75. The number of aromatic nitrogens is 2. The lowest BCUT2D eigenvalue weighted by Gasteiger charge is -2.29. The number of hydrogen-bond acceptors (Lipinski definition) is 7. The highest BCUT2D eigenvalue weighted by molar-refractivity contribution is 8.00. The summed E-state index contributed by atoms with van der Waals surface area (Å²) in [5.41, 5.74) is 2.03. The van der Waals surface area contributed by atoms with E-state index in [0.717, 1.165) is 35.4 Å². The van der Waals surface area contributed by atoms with Gasteiger partial charge in [0, 0.05) is 24.2 Å². The van der Waals surface area contributed by atoms with E-state index in [9.17, 15) is 9.18 Å². The fourth-order valence-corrected chi connectivity index (χ4v) is 4.90. The van der Waals surface area contributed by atoms with E-state index in [1.54, 1.807) is 12.3 Å². The number of pyridine rings is 2. The molecule has 2 unspecified atom stereocenters. The zero-order valence-electron chi connectivity index (χ0n) is 18.7. The molecule has 0 saturated carbocycles. The van der Waals surface area contributed by atoms with Crippen LogP contribution < -0.4 is 15.4 Å². The number of nitrogens with one attached hydrogen (secondary N) is 2. The lowest BCUT2D eigenvalue weighted by atomic mass is 10.0. The third-order valence-corrected chi connectivity index (χ3v) is 6.92. The van der Waals surface area contributed by atoms with Crippen LogP contribution in [0.15, 0.2) is 47.5 Å². The molecule has 0 bridgehead atoms. The summed E-state index contributed by atoms with van der Waals surface area (Å²) >= 11 is 1.50. The molecule has 176 valence electrons. The predicted molar refractivity (Wildman–Crippen MR) is 130 cm³/mol. The first-order valence-electron chi connectivity index (χ1n) is 11.2. The zero-order valence-corrected chi connectivity index (χ0v) is 19.5. The molecule has 1 aromatic carbocycles. The van der Waals surface area contributed by atoms with Crippen molar-refractivity contribution in [1.82, 2.24) is 15.3 Å². The van der Waals surface area contributed by atoms with Crippen molar-refractivity contribution in [2.24, 2.45) is 0 Å². The summed E-state index contributed by atoms with van der Waals surface area (Å²) in [6.45, 7) is 0.545. The molecule has 34 heavy (non-hydrogen) atoms. The number of ether oxygens (including phenoxy) is 2. The van der Waals surface area contributed by atoms with Crippen LogP contribution in [-0.2, 0) is 16.1 Å². The van der Waals surface area contributed by atoms with Gasteiger partial charge in [0.15, 0.2) is 5.82 Å². The number of halogens is 1. The Morgan fingerprint density at radius 2 is 2.24 bits per heavy atom. The molecule has 2 aromatic heterocycles. The van der Waals surface area contributed by atoms with Gasteiger partial charge in [0.1, 0.15) is 23.3 Å². The van der Waals surface area contributed by atoms with E-state index in [-0.39, 0.29) is 18.2 Å². The van der Waals surface area contributed by atoms with Gasteiger partial charge in [-0.1, -0.05) is 12.2 Å². The molecule has 0 aliphatic carbocycles. The molecular formula is C25H25FN4O3S. The number of methoxy groups -OCH3 is 1. The molecule has 1 fully saturated rings. The number of carbonyl (C=O) groups excluding carboxylic acids is 1. The Morgan fingerprint density at radius 3 is 3.12 bits per heavy atom. The van der Waals surface area contributed by atoms with Gasteiger partial charge < -0.3 is 14.8 Å². The Labute approximate surface area is 201 Å². The SMILES string of the molecule is COc1cc(F)c2nccc(C=CC3CCCC(NCc4ccc5c(n4)NC(=O)CS5)O3)c2c1. The monoisotopic (exact) mass is 480 g/mol. The highest BCUT2D eigenvalue weighted by Crippen LogP contribution is 2.30. The van der Waals surface area contributed by atoms with Crippen molar-refractivity contribution in [2.75, 3.05) is 18.2 Å². The van der Waals surface area contributed by atoms with Crippen LogP contribution in [0.2, 0.25) is 0 Å². The topological polar surface area (TPSA) is 85.4 Å². The van der Waals surface area contributed by atoms with Crippen molar-refractivity contribution in [3.8, 4) is 5.75 Å². The number of nitrogens with zero attached hydrogens (tertiary/aromatic N) is 2. The molecule has 0 radical (unpaired) electrons. The number of thioether (sulfide) groups is 1. The van der Waals surface area contributed by atoms with E-state index in [1.165, 1.54) is 24.9 Å². The maximum absolute atomic E-state index is 14.4. The molecule has 4 heterocycles. The third-order valence-electron chi connectivity index (χ3n) is 5.87. The average Bonchev–Trinajstić information content (AvgIpc) is 2.86. The third kappa shape index (κ3) is 5.06. The molecule has 1 saturated heterocycles. The second kappa shape index (κ2) is 10.1. The number of benzene rings is 1. The summed E-state index contributed by atoms with van der Waals surface area (Å²) in [5, 5.41) is 6.95. The van der Waals surface area contributed by atoms with Crippen LogP contribution in [0.1, 0.15) is 30.5 Å². The fraction of sp³-hybridized carbons (Fsp3) is 0.320. The van der Waals surface area contributed by atoms with Gasteiger partial charge in [-0.05, 0) is 49.1 Å². The number of amides is 1. The summed E-state index contributed by atoms with van der Waals surface area (Å²) < 4.78 is 25.8. The van der Waals surface area contributed by atoms with E-state index in [2.05, 4.69) is 20.6 Å². The molecule has 2 aliphatic heterocycles. The molecule has 2 aliphatic rings. The zero-order chi connectivity index (χ0) is 23.5. The standard InChI is InChI=1S/C25H25FN4O3S/c1-32-18-11-19-15(9-10-27-24(19)20(26)12-18)5-7-17-3-2-4-23(33-17)28-13-16-6-8-21-25(29-16)30-22(31)14-34-21/h5-12,17,23,28H,2-4,13-14H2,1H3,(H,29,30,31). The summed E-state index contributed by atoms with van der Waals surface area (Å²) in [5.74, 6) is 1.08.